The van der Waals surface area contributed by atoms with Gasteiger partial charge in [0.05, 0.1) is 6.61 Å². The van der Waals surface area contributed by atoms with Crippen LogP contribution in [0.3, 0.4) is 0 Å². The largest absolute Gasteiger partial charge is 0.379 e. The molecule has 4 nitrogen and oxygen atoms in total. The lowest BCUT2D eigenvalue weighted by molar-refractivity contribution is -0.131. The van der Waals surface area contributed by atoms with Gasteiger partial charge in [-0.25, -0.2) is 0 Å². The minimum Gasteiger partial charge on any atom is -0.379 e. The summed E-state index contributed by atoms with van der Waals surface area (Å²) in [4.78, 5) is 0. The molecule has 4 heteroatoms. The molecular formula is C25H42O4. The molecule has 2 aliphatic rings. The van der Waals surface area contributed by atoms with Gasteiger partial charge in [-0.1, -0.05) is 64.8 Å². The summed E-state index contributed by atoms with van der Waals surface area (Å²) < 4.78 is 25.5. The van der Waals surface area contributed by atoms with Crippen LogP contribution in [0, 0.1) is 0 Å². The summed E-state index contributed by atoms with van der Waals surface area (Å²) in [6, 6.07) is 0. The molecule has 166 valence electrons. The molecule has 4 atom stereocenters. The van der Waals surface area contributed by atoms with Crippen LogP contribution in [-0.4, -0.2) is 50.3 Å². The van der Waals surface area contributed by atoms with Gasteiger partial charge in [0.25, 0.3) is 0 Å². The molecule has 1 aliphatic heterocycles. The van der Waals surface area contributed by atoms with Crippen molar-refractivity contribution in [2.75, 3.05) is 26.4 Å². The minimum absolute atomic E-state index is 0.139. The molecule has 0 aromatic carbocycles. The van der Waals surface area contributed by atoms with Crippen molar-refractivity contribution in [3.05, 3.63) is 36.0 Å². The second kappa shape index (κ2) is 12.7. The first-order valence-corrected chi connectivity index (χ1v) is 11.6. The van der Waals surface area contributed by atoms with Gasteiger partial charge in [0.1, 0.15) is 23.9 Å². The van der Waals surface area contributed by atoms with Crippen LogP contribution in [0.4, 0.5) is 0 Å². The topological polar surface area (TPSA) is 36.9 Å². The summed E-state index contributed by atoms with van der Waals surface area (Å²) in [6.07, 6.45) is 13.2. The Bertz CT molecular complexity index is 553. The molecule has 0 amide bonds. The van der Waals surface area contributed by atoms with E-state index in [1.165, 1.54) is 0 Å². The third kappa shape index (κ3) is 6.52. The molecule has 29 heavy (non-hydrogen) atoms. The average Bonchev–Trinajstić information content (AvgIpc) is 2.98. The Balaban J connectivity index is 2.24. The summed E-state index contributed by atoms with van der Waals surface area (Å²) >= 11 is 0. The van der Waals surface area contributed by atoms with Gasteiger partial charge in [0.15, 0.2) is 0 Å². The third-order valence-corrected chi connectivity index (χ3v) is 5.83. The van der Waals surface area contributed by atoms with Crippen molar-refractivity contribution in [1.29, 1.82) is 0 Å². The highest BCUT2D eigenvalue weighted by atomic mass is 16.6. The van der Waals surface area contributed by atoms with E-state index in [0.717, 1.165) is 69.3 Å². The molecule has 0 radical (unpaired) electrons. The fourth-order valence-corrected chi connectivity index (χ4v) is 3.97. The molecule has 0 aromatic rings. The van der Waals surface area contributed by atoms with E-state index < -0.39 is 5.60 Å². The lowest BCUT2D eigenvalue weighted by Gasteiger charge is -2.37. The van der Waals surface area contributed by atoms with Crippen LogP contribution >= 0.6 is 0 Å². The van der Waals surface area contributed by atoms with Gasteiger partial charge in [-0.15, -0.1) is 0 Å². The summed E-state index contributed by atoms with van der Waals surface area (Å²) in [5.74, 6) is 0. The lowest BCUT2D eigenvalue weighted by Crippen LogP contribution is -2.51. The molecule has 0 spiro atoms. The zero-order valence-corrected chi connectivity index (χ0v) is 19.1. The highest BCUT2D eigenvalue weighted by Crippen LogP contribution is 2.43. The van der Waals surface area contributed by atoms with Gasteiger partial charge in [-0.3, -0.25) is 0 Å². The Morgan fingerprint density at radius 2 is 1.76 bits per heavy atom. The molecule has 1 aliphatic carbocycles. The molecule has 2 rings (SSSR count). The van der Waals surface area contributed by atoms with Gasteiger partial charge < -0.3 is 18.9 Å². The average molecular weight is 407 g/mol. The van der Waals surface area contributed by atoms with Crippen LogP contribution in [0.1, 0.15) is 72.6 Å². The van der Waals surface area contributed by atoms with Crippen LogP contribution in [0.5, 0.6) is 0 Å². The Morgan fingerprint density at radius 1 is 1.07 bits per heavy atom. The van der Waals surface area contributed by atoms with Gasteiger partial charge in [-0.2, -0.15) is 0 Å². The first-order chi connectivity index (χ1) is 14.1. The van der Waals surface area contributed by atoms with Crippen LogP contribution in [0.15, 0.2) is 36.0 Å². The fraction of sp³-hybridized carbons (Fsp3) is 0.760. The number of rotatable bonds is 14. The highest BCUT2D eigenvalue weighted by molar-refractivity contribution is 5.43. The van der Waals surface area contributed by atoms with Crippen LogP contribution < -0.4 is 0 Å². The van der Waals surface area contributed by atoms with Crippen molar-refractivity contribution in [1.82, 2.24) is 0 Å². The third-order valence-electron chi connectivity index (χ3n) is 5.83. The zero-order chi connectivity index (χ0) is 21.1. The van der Waals surface area contributed by atoms with E-state index in [1.54, 1.807) is 0 Å². The van der Waals surface area contributed by atoms with Crippen molar-refractivity contribution in [3.8, 4) is 0 Å². The molecule has 0 aromatic heterocycles. The predicted octanol–water partition coefficient (Wildman–Crippen LogP) is 5.77. The van der Waals surface area contributed by atoms with Crippen LogP contribution in [0.25, 0.3) is 0 Å². The van der Waals surface area contributed by atoms with Crippen molar-refractivity contribution in [3.63, 3.8) is 0 Å². The first kappa shape index (κ1) is 24.3. The van der Waals surface area contributed by atoms with Gasteiger partial charge in [-0.05, 0) is 43.8 Å². The Kier molecular flexibility index (Phi) is 10.6. The van der Waals surface area contributed by atoms with Crippen LogP contribution in [-0.2, 0) is 18.9 Å². The van der Waals surface area contributed by atoms with Crippen molar-refractivity contribution >= 4 is 0 Å². The SMILES string of the molecule is C=C1CC=CC=C1C1O[C@H](COCCCC)[C@@H](OCCCC)[C@@]1(C)OCCCC. The molecule has 1 unspecified atom stereocenters. The number of ether oxygens (including phenoxy) is 4. The standard InChI is InChI=1S/C25H42O4/c1-6-9-16-26-19-22-24(27-17-10-7-2)25(5,28-18-11-8-3)23(29-22)21-15-13-12-14-20(21)4/h12-13,15,22-24H,4,6-11,14,16-19H2,1-3,5H3/t22-,23?,24-,25+/m1/s1. The van der Waals surface area contributed by atoms with Crippen LogP contribution in [0.2, 0.25) is 0 Å². The number of unbranched alkanes of at least 4 members (excludes halogenated alkanes) is 3. The van der Waals surface area contributed by atoms with E-state index in [1.807, 2.05) is 0 Å². The molecule has 1 heterocycles. The number of hydrogen-bond donors (Lipinski definition) is 0. The smallest absolute Gasteiger partial charge is 0.124 e. The Labute approximate surface area is 178 Å². The number of hydrogen-bond acceptors (Lipinski definition) is 4. The summed E-state index contributed by atoms with van der Waals surface area (Å²) in [5, 5.41) is 0. The minimum atomic E-state index is -0.554. The van der Waals surface area contributed by atoms with E-state index in [4.69, 9.17) is 18.9 Å². The monoisotopic (exact) mass is 406 g/mol. The Morgan fingerprint density at radius 3 is 2.45 bits per heavy atom. The van der Waals surface area contributed by atoms with E-state index >= 15 is 0 Å². The van der Waals surface area contributed by atoms with Gasteiger partial charge >= 0.3 is 0 Å². The lowest BCUT2D eigenvalue weighted by atomic mass is 9.83. The van der Waals surface area contributed by atoms with Crippen molar-refractivity contribution < 1.29 is 18.9 Å². The quantitative estimate of drug-likeness (QED) is 0.343. The van der Waals surface area contributed by atoms with Crippen molar-refractivity contribution in [2.24, 2.45) is 0 Å². The molecular weight excluding hydrogens is 364 g/mol. The van der Waals surface area contributed by atoms with E-state index in [0.29, 0.717) is 13.2 Å². The van der Waals surface area contributed by atoms with E-state index in [2.05, 4.69) is 52.5 Å². The maximum atomic E-state index is 6.60. The zero-order valence-electron chi connectivity index (χ0n) is 19.1. The number of allylic oxidation sites excluding steroid dienone is 3. The Hall–Kier alpha value is -0.940. The van der Waals surface area contributed by atoms with Crippen molar-refractivity contribution in [2.45, 2.75) is 96.6 Å². The van der Waals surface area contributed by atoms with E-state index in [-0.39, 0.29) is 18.3 Å². The summed E-state index contributed by atoms with van der Waals surface area (Å²) in [6.45, 7) is 15.7. The summed E-state index contributed by atoms with van der Waals surface area (Å²) in [7, 11) is 0. The van der Waals surface area contributed by atoms with Gasteiger partial charge in [0.2, 0.25) is 0 Å². The second-order valence-electron chi connectivity index (χ2n) is 8.37. The van der Waals surface area contributed by atoms with Gasteiger partial charge in [0, 0.05) is 19.8 Å². The normalized spacial score (nSPS) is 29.4. The maximum Gasteiger partial charge on any atom is 0.124 e. The maximum absolute atomic E-state index is 6.60. The predicted molar refractivity (Wildman–Crippen MR) is 119 cm³/mol. The second-order valence-corrected chi connectivity index (χ2v) is 8.37. The highest BCUT2D eigenvalue weighted by Gasteiger charge is 2.56. The summed E-state index contributed by atoms with van der Waals surface area (Å²) in [5.41, 5.74) is 1.68. The fourth-order valence-electron chi connectivity index (χ4n) is 3.97. The molecule has 0 bridgehead atoms. The molecule has 0 saturated carbocycles. The molecule has 0 N–H and O–H groups in total. The van der Waals surface area contributed by atoms with E-state index in [9.17, 15) is 0 Å². The molecule has 1 saturated heterocycles. The molecule has 1 fully saturated rings. The first-order valence-electron chi connectivity index (χ1n) is 11.6.